The molecule has 9 nitrogen and oxygen atoms in total. The molecule has 0 bridgehead atoms. The van der Waals surface area contributed by atoms with E-state index in [0.29, 0.717) is 6.54 Å². The zero-order valence-corrected chi connectivity index (χ0v) is 20.5. The zero-order chi connectivity index (χ0) is 25.1. The molecule has 11 heteroatoms. The van der Waals surface area contributed by atoms with Crippen LogP contribution in [0, 0.1) is 0 Å². The molecule has 3 heterocycles. The number of hydrogen-bond donors (Lipinski definition) is 2. The zero-order valence-electron chi connectivity index (χ0n) is 18.9. The van der Waals surface area contributed by atoms with Crippen LogP contribution in [-0.4, -0.2) is 61.5 Å². The third-order valence-electron chi connectivity index (χ3n) is 5.26. The van der Waals surface area contributed by atoms with Gasteiger partial charge in [-0.25, -0.2) is 14.8 Å². The summed E-state index contributed by atoms with van der Waals surface area (Å²) in [6, 6.07) is 9.95. The molecule has 1 amide bonds. The van der Waals surface area contributed by atoms with Crippen LogP contribution in [-0.2, 0) is 17.8 Å². The van der Waals surface area contributed by atoms with Crippen molar-refractivity contribution in [1.29, 1.82) is 0 Å². The lowest BCUT2D eigenvalue weighted by atomic mass is 10.0. The number of aromatic nitrogens is 4. The Bertz CT molecular complexity index is 1370. The minimum absolute atomic E-state index is 0.0159. The molecule has 35 heavy (non-hydrogen) atoms. The Morgan fingerprint density at radius 3 is 2.43 bits per heavy atom. The number of aliphatic carboxylic acids is 1. The van der Waals surface area contributed by atoms with E-state index in [1.165, 1.54) is 12.4 Å². The first-order valence-corrected chi connectivity index (χ1v) is 11.4. The molecule has 0 fully saturated rings. The first kappa shape index (κ1) is 24.6. The summed E-state index contributed by atoms with van der Waals surface area (Å²) in [6.07, 6.45) is 4.33. The van der Waals surface area contributed by atoms with Crippen LogP contribution in [0.2, 0.25) is 10.0 Å². The Kier molecular flexibility index (Phi) is 7.30. The number of benzene rings is 1. The third kappa shape index (κ3) is 5.43. The van der Waals surface area contributed by atoms with Gasteiger partial charge in [-0.3, -0.25) is 14.3 Å². The topological polar surface area (TPSA) is 113 Å². The number of amides is 1. The summed E-state index contributed by atoms with van der Waals surface area (Å²) in [5.74, 6) is -1.03. The van der Waals surface area contributed by atoms with E-state index in [2.05, 4.69) is 15.3 Å². The summed E-state index contributed by atoms with van der Waals surface area (Å²) in [6.45, 7) is 0.616. The van der Waals surface area contributed by atoms with E-state index in [1.54, 1.807) is 6.20 Å². The third-order valence-corrected chi connectivity index (χ3v) is 5.83. The normalized spacial score (nSPS) is 12.1. The van der Waals surface area contributed by atoms with Gasteiger partial charge in [0.1, 0.15) is 17.4 Å². The predicted molar refractivity (Wildman–Crippen MR) is 133 cm³/mol. The van der Waals surface area contributed by atoms with Crippen LogP contribution in [0.25, 0.3) is 16.9 Å². The average molecular weight is 513 g/mol. The second-order valence-corrected chi connectivity index (χ2v) is 8.97. The number of imidazole rings is 1. The van der Waals surface area contributed by atoms with E-state index < -0.39 is 17.9 Å². The van der Waals surface area contributed by atoms with Crippen molar-refractivity contribution in [3.8, 4) is 5.69 Å². The molecular formula is C24H22Cl2N6O3. The van der Waals surface area contributed by atoms with E-state index in [4.69, 9.17) is 28.2 Å². The number of carboxylic acids is 1. The maximum atomic E-state index is 12.7. The standard InChI is InChI=1S/C24H22Cl2N6O3/c1-31(2)13-20-29-18-4-3-9-28-22(18)32(20)15-7-5-14(6-8-15)10-19(24(34)35)30-23(33)21-16(25)11-27-12-17(21)26/h3-9,11-12,19H,10,13H2,1-2H3,(H,30,33)(H,34,35)/t19-/m0/s1. The molecule has 4 aromatic rings. The largest absolute Gasteiger partial charge is 0.480 e. The monoisotopic (exact) mass is 512 g/mol. The SMILES string of the molecule is CN(C)Cc1nc2cccnc2n1-c1ccc(C[C@H](NC(=O)c2c(Cl)cncc2Cl)C(=O)O)cc1. The molecule has 0 aliphatic rings. The Morgan fingerprint density at radius 2 is 1.80 bits per heavy atom. The lowest BCUT2D eigenvalue weighted by Gasteiger charge is -2.16. The molecule has 0 aliphatic heterocycles. The number of carbonyl (C=O) groups excluding carboxylic acids is 1. The van der Waals surface area contributed by atoms with Crippen LogP contribution < -0.4 is 5.32 Å². The van der Waals surface area contributed by atoms with Crippen LogP contribution >= 0.6 is 23.2 Å². The van der Waals surface area contributed by atoms with Gasteiger partial charge in [0.15, 0.2) is 5.65 Å². The van der Waals surface area contributed by atoms with Crippen molar-refractivity contribution in [2.45, 2.75) is 19.0 Å². The number of carboxylic acid groups (broad SMARTS) is 1. The number of carbonyl (C=O) groups is 2. The lowest BCUT2D eigenvalue weighted by molar-refractivity contribution is -0.139. The number of fused-ring (bicyclic) bond motifs is 1. The number of pyridine rings is 2. The van der Waals surface area contributed by atoms with Gasteiger partial charge in [0.25, 0.3) is 5.91 Å². The van der Waals surface area contributed by atoms with Gasteiger partial charge >= 0.3 is 5.97 Å². The molecule has 0 saturated carbocycles. The van der Waals surface area contributed by atoms with Crippen molar-refractivity contribution in [3.63, 3.8) is 0 Å². The molecule has 1 atom stereocenters. The fourth-order valence-corrected chi connectivity index (χ4v) is 4.23. The second kappa shape index (κ2) is 10.4. The maximum absolute atomic E-state index is 12.7. The van der Waals surface area contributed by atoms with E-state index in [1.807, 2.05) is 60.0 Å². The molecule has 4 rings (SSSR count). The molecule has 0 radical (unpaired) electrons. The Balaban J connectivity index is 1.58. The summed E-state index contributed by atoms with van der Waals surface area (Å²) >= 11 is 12.1. The molecule has 0 saturated heterocycles. The fraction of sp³-hybridized carbons (Fsp3) is 0.208. The van der Waals surface area contributed by atoms with Gasteiger partial charge in [-0.15, -0.1) is 0 Å². The van der Waals surface area contributed by atoms with Gasteiger partial charge in [0.05, 0.1) is 22.2 Å². The van der Waals surface area contributed by atoms with Gasteiger partial charge < -0.3 is 15.3 Å². The molecule has 0 spiro atoms. The molecule has 3 aromatic heterocycles. The van der Waals surface area contributed by atoms with E-state index in [9.17, 15) is 14.7 Å². The summed E-state index contributed by atoms with van der Waals surface area (Å²) in [5, 5.41) is 12.3. The summed E-state index contributed by atoms with van der Waals surface area (Å²) in [7, 11) is 3.93. The van der Waals surface area contributed by atoms with Gasteiger partial charge in [0, 0.05) is 30.7 Å². The number of halogens is 2. The van der Waals surface area contributed by atoms with Crippen molar-refractivity contribution in [1.82, 2.24) is 29.7 Å². The van der Waals surface area contributed by atoms with Gasteiger partial charge in [0.2, 0.25) is 0 Å². The Hall–Kier alpha value is -3.53. The van der Waals surface area contributed by atoms with Crippen molar-refractivity contribution >= 4 is 46.2 Å². The van der Waals surface area contributed by atoms with Crippen LogP contribution in [0.15, 0.2) is 55.0 Å². The van der Waals surface area contributed by atoms with Crippen LogP contribution in [0.3, 0.4) is 0 Å². The molecular weight excluding hydrogens is 491 g/mol. The minimum Gasteiger partial charge on any atom is -0.480 e. The van der Waals surface area contributed by atoms with E-state index >= 15 is 0 Å². The van der Waals surface area contributed by atoms with Crippen molar-refractivity contribution in [3.05, 3.63) is 82.0 Å². The smallest absolute Gasteiger partial charge is 0.326 e. The number of nitrogens with one attached hydrogen (secondary N) is 1. The quantitative estimate of drug-likeness (QED) is 0.370. The first-order valence-electron chi connectivity index (χ1n) is 10.6. The number of nitrogens with zero attached hydrogens (tertiary/aromatic N) is 5. The highest BCUT2D eigenvalue weighted by Crippen LogP contribution is 2.24. The van der Waals surface area contributed by atoms with Crippen LogP contribution in [0.1, 0.15) is 21.7 Å². The van der Waals surface area contributed by atoms with Crippen molar-refractivity contribution in [2.75, 3.05) is 14.1 Å². The highest BCUT2D eigenvalue weighted by Gasteiger charge is 2.24. The number of rotatable bonds is 8. The Morgan fingerprint density at radius 1 is 1.11 bits per heavy atom. The average Bonchev–Trinajstić information content (AvgIpc) is 3.16. The van der Waals surface area contributed by atoms with Gasteiger partial charge in [-0.2, -0.15) is 0 Å². The predicted octanol–water partition coefficient (Wildman–Crippen LogP) is 3.61. The maximum Gasteiger partial charge on any atom is 0.326 e. The molecule has 180 valence electrons. The van der Waals surface area contributed by atoms with Crippen molar-refractivity contribution < 1.29 is 14.7 Å². The van der Waals surface area contributed by atoms with Gasteiger partial charge in [-0.1, -0.05) is 35.3 Å². The minimum atomic E-state index is -1.19. The fourth-order valence-electron chi connectivity index (χ4n) is 3.70. The van der Waals surface area contributed by atoms with Crippen LogP contribution in [0.5, 0.6) is 0 Å². The molecule has 0 aliphatic carbocycles. The highest BCUT2D eigenvalue weighted by molar-refractivity contribution is 6.39. The number of hydrogen-bond acceptors (Lipinski definition) is 6. The summed E-state index contributed by atoms with van der Waals surface area (Å²) < 4.78 is 1.98. The van der Waals surface area contributed by atoms with Crippen LogP contribution in [0.4, 0.5) is 0 Å². The molecule has 2 N–H and O–H groups in total. The molecule has 0 unspecified atom stereocenters. The van der Waals surface area contributed by atoms with E-state index in [-0.39, 0.29) is 22.0 Å². The summed E-state index contributed by atoms with van der Waals surface area (Å²) in [5.41, 5.74) is 3.07. The van der Waals surface area contributed by atoms with E-state index in [0.717, 1.165) is 28.2 Å². The molecule has 1 aromatic carbocycles. The summed E-state index contributed by atoms with van der Waals surface area (Å²) in [4.78, 5) is 39.5. The highest BCUT2D eigenvalue weighted by atomic mass is 35.5. The Labute approximate surface area is 211 Å². The second-order valence-electron chi connectivity index (χ2n) is 8.16. The van der Waals surface area contributed by atoms with Gasteiger partial charge in [-0.05, 0) is 43.9 Å². The lowest BCUT2D eigenvalue weighted by Crippen LogP contribution is -2.42. The first-order chi connectivity index (χ1) is 16.7. The van der Waals surface area contributed by atoms with Crippen molar-refractivity contribution in [2.24, 2.45) is 0 Å².